The fraction of sp³-hybridized carbons (Fsp3) is 0.158. The minimum absolute atomic E-state index is 0.122. The molecule has 0 atom stereocenters. The first-order valence-electron chi connectivity index (χ1n) is 8.30. The van der Waals surface area contributed by atoms with Crippen molar-refractivity contribution in [1.29, 1.82) is 0 Å². The van der Waals surface area contributed by atoms with Gasteiger partial charge in [-0.05, 0) is 30.3 Å². The van der Waals surface area contributed by atoms with Crippen LogP contribution >= 0.6 is 0 Å². The number of carboxylic acids is 1. The van der Waals surface area contributed by atoms with E-state index in [1.807, 2.05) is 24.3 Å². The highest BCUT2D eigenvalue weighted by molar-refractivity contribution is 5.68. The Morgan fingerprint density at radius 2 is 1.93 bits per heavy atom. The van der Waals surface area contributed by atoms with Gasteiger partial charge in [0.05, 0.1) is 25.5 Å². The zero-order valence-electron chi connectivity index (χ0n) is 15.0. The SMILES string of the molecule is COc1ccc(-c2cnnc(N=NCc3ccccc3OCC(=O)O)n2)cc1. The monoisotopic (exact) mass is 379 g/mol. The topological polar surface area (TPSA) is 119 Å². The first kappa shape index (κ1) is 18.9. The second-order valence-electron chi connectivity index (χ2n) is 5.56. The zero-order chi connectivity index (χ0) is 19.8. The van der Waals surface area contributed by atoms with Gasteiger partial charge in [-0.3, -0.25) is 0 Å². The number of aromatic nitrogens is 3. The quantitative estimate of drug-likeness (QED) is 0.596. The van der Waals surface area contributed by atoms with Gasteiger partial charge in [0.1, 0.15) is 11.5 Å². The first-order valence-corrected chi connectivity index (χ1v) is 8.30. The Bertz CT molecular complexity index is 976. The molecule has 0 radical (unpaired) electrons. The Hall–Kier alpha value is -3.88. The summed E-state index contributed by atoms with van der Waals surface area (Å²) in [5.74, 6) is 0.257. The lowest BCUT2D eigenvalue weighted by atomic mass is 10.1. The summed E-state index contributed by atoms with van der Waals surface area (Å²) >= 11 is 0. The van der Waals surface area contributed by atoms with Crippen LogP contribution in [0.5, 0.6) is 11.5 Å². The van der Waals surface area contributed by atoms with Crippen molar-refractivity contribution in [3.8, 4) is 22.8 Å². The smallest absolute Gasteiger partial charge is 0.341 e. The van der Waals surface area contributed by atoms with Crippen LogP contribution in [0.4, 0.5) is 5.95 Å². The van der Waals surface area contributed by atoms with Crippen molar-refractivity contribution in [2.24, 2.45) is 10.2 Å². The van der Waals surface area contributed by atoms with E-state index in [0.717, 1.165) is 11.3 Å². The van der Waals surface area contributed by atoms with Crippen LogP contribution in [0.3, 0.4) is 0 Å². The van der Waals surface area contributed by atoms with Gasteiger partial charge in [0.15, 0.2) is 6.61 Å². The maximum absolute atomic E-state index is 10.7. The molecule has 3 aromatic rings. The second-order valence-corrected chi connectivity index (χ2v) is 5.56. The molecule has 0 saturated heterocycles. The number of nitrogens with zero attached hydrogens (tertiary/aromatic N) is 5. The molecule has 0 spiro atoms. The number of methoxy groups -OCH3 is 1. The van der Waals surface area contributed by atoms with Crippen molar-refractivity contribution in [1.82, 2.24) is 15.2 Å². The van der Waals surface area contributed by atoms with Gasteiger partial charge in [0.25, 0.3) is 5.95 Å². The van der Waals surface area contributed by atoms with Crippen LogP contribution in [-0.2, 0) is 11.3 Å². The number of azo groups is 1. The number of hydrogen-bond acceptors (Lipinski definition) is 8. The zero-order valence-corrected chi connectivity index (χ0v) is 15.0. The standard InChI is InChI=1S/C19H17N5O4/c1-27-15-8-6-13(7-9-15)16-11-21-24-19(22-16)23-20-10-14-4-2-3-5-17(14)28-12-18(25)26/h2-9,11H,10,12H2,1H3,(H,25,26). The van der Waals surface area contributed by atoms with Crippen LogP contribution in [-0.4, -0.2) is 40.0 Å². The molecule has 9 nitrogen and oxygen atoms in total. The molecule has 0 amide bonds. The van der Waals surface area contributed by atoms with Crippen LogP contribution in [0.1, 0.15) is 5.56 Å². The summed E-state index contributed by atoms with van der Waals surface area (Å²) < 4.78 is 10.4. The van der Waals surface area contributed by atoms with Crippen LogP contribution in [0.25, 0.3) is 11.3 Å². The van der Waals surface area contributed by atoms with E-state index in [0.29, 0.717) is 17.0 Å². The molecule has 0 aliphatic rings. The molecule has 0 bridgehead atoms. The van der Waals surface area contributed by atoms with Gasteiger partial charge in [-0.1, -0.05) is 18.2 Å². The summed E-state index contributed by atoms with van der Waals surface area (Å²) in [6, 6.07) is 14.4. The highest BCUT2D eigenvalue weighted by atomic mass is 16.5. The highest BCUT2D eigenvalue weighted by Crippen LogP contribution is 2.22. The molecule has 9 heteroatoms. The fourth-order valence-corrected chi connectivity index (χ4v) is 2.33. The summed E-state index contributed by atoms with van der Waals surface area (Å²) in [7, 11) is 1.60. The number of hydrogen-bond donors (Lipinski definition) is 1. The Labute approximate surface area is 160 Å². The number of carboxylic acid groups (broad SMARTS) is 1. The molecule has 1 aromatic heterocycles. The third-order valence-electron chi connectivity index (χ3n) is 3.66. The number of para-hydroxylation sites is 1. The molecule has 2 aromatic carbocycles. The molecule has 0 saturated carbocycles. The van der Waals surface area contributed by atoms with Crippen molar-refractivity contribution in [2.45, 2.75) is 6.54 Å². The van der Waals surface area contributed by atoms with Gasteiger partial charge in [-0.15, -0.1) is 10.2 Å². The van der Waals surface area contributed by atoms with E-state index in [1.165, 1.54) is 6.20 Å². The van der Waals surface area contributed by atoms with E-state index < -0.39 is 12.6 Å². The fourth-order valence-electron chi connectivity index (χ4n) is 2.33. The molecule has 0 unspecified atom stereocenters. The van der Waals surface area contributed by atoms with Crippen molar-refractivity contribution < 1.29 is 19.4 Å². The van der Waals surface area contributed by atoms with Gasteiger partial charge in [-0.25, -0.2) is 9.78 Å². The largest absolute Gasteiger partial charge is 0.497 e. The van der Waals surface area contributed by atoms with E-state index in [9.17, 15) is 4.79 Å². The van der Waals surface area contributed by atoms with Crippen molar-refractivity contribution >= 4 is 11.9 Å². The number of carbonyl (C=O) groups is 1. The van der Waals surface area contributed by atoms with E-state index in [1.54, 1.807) is 31.4 Å². The summed E-state index contributed by atoms with van der Waals surface area (Å²) in [6.45, 7) is -0.239. The lowest BCUT2D eigenvalue weighted by Crippen LogP contribution is -2.10. The summed E-state index contributed by atoms with van der Waals surface area (Å²) in [5, 5.41) is 24.6. The minimum Gasteiger partial charge on any atom is -0.497 e. The Balaban J connectivity index is 1.70. The third-order valence-corrected chi connectivity index (χ3v) is 3.66. The van der Waals surface area contributed by atoms with Crippen molar-refractivity contribution in [2.75, 3.05) is 13.7 Å². The summed E-state index contributed by atoms with van der Waals surface area (Å²) in [6.07, 6.45) is 1.54. The summed E-state index contributed by atoms with van der Waals surface area (Å²) in [5.41, 5.74) is 2.16. The molecule has 1 heterocycles. The maximum atomic E-state index is 10.7. The molecule has 0 fully saturated rings. The second kappa shape index (κ2) is 9.17. The molecular weight excluding hydrogens is 362 g/mol. The van der Waals surface area contributed by atoms with Gasteiger partial charge in [-0.2, -0.15) is 10.2 Å². The minimum atomic E-state index is -1.05. The van der Waals surface area contributed by atoms with Crippen LogP contribution in [0.2, 0.25) is 0 Å². The lowest BCUT2D eigenvalue weighted by molar-refractivity contribution is -0.139. The highest BCUT2D eigenvalue weighted by Gasteiger charge is 2.06. The van der Waals surface area contributed by atoms with E-state index in [-0.39, 0.29) is 12.5 Å². The van der Waals surface area contributed by atoms with Gasteiger partial charge >= 0.3 is 5.97 Å². The lowest BCUT2D eigenvalue weighted by Gasteiger charge is -2.07. The average Bonchev–Trinajstić information content (AvgIpc) is 2.73. The molecule has 28 heavy (non-hydrogen) atoms. The Morgan fingerprint density at radius 3 is 2.68 bits per heavy atom. The van der Waals surface area contributed by atoms with Crippen molar-refractivity contribution in [3.63, 3.8) is 0 Å². The van der Waals surface area contributed by atoms with Crippen molar-refractivity contribution in [3.05, 3.63) is 60.3 Å². The summed E-state index contributed by atoms with van der Waals surface area (Å²) in [4.78, 5) is 15.0. The molecule has 3 rings (SSSR count). The molecule has 0 aliphatic carbocycles. The third kappa shape index (κ3) is 5.07. The van der Waals surface area contributed by atoms with E-state index >= 15 is 0 Å². The Kier molecular flexibility index (Phi) is 6.19. The van der Waals surface area contributed by atoms with E-state index in [2.05, 4.69) is 25.4 Å². The Morgan fingerprint density at radius 1 is 1.14 bits per heavy atom. The molecular formula is C19H17N5O4. The van der Waals surface area contributed by atoms with Gasteiger partial charge in [0, 0.05) is 11.1 Å². The molecule has 142 valence electrons. The predicted molar refractivity (Wildman–Crippen MR) is 99.6 cm³/mol. The normalized spacial score (nSPS) is 10.8. The molecule has 1 N–H and O–H groups in total. The first-order chi connectivity index (χ1) is 13.7. The van der Waals surface area contributed by atoms with Crippen LogP contribution < -0.4 is 9.47 Å². The average molecular weight is 379 g/mol. The van der Waals surface area contributed by atoms with Crippen LogP contribution in [0, 0.1) is 0 Å². The number of aliphatic carboxylic acids is 1. The predicted octanol–water partition coefficient (Wildman–Crippen LogP) is 3.29. The number of benzene rings is 2. The van der Waals surface area contributed by atoms with Gasteiger partial charge in [0.2, 0.25) is 0 Å². The number of ether oxygens (including phenoxy) is 2. The number of rotatable bonds is 8. The van der Waals surface area contributed by atoms with Gasteiger partial charge < -0.3 is 14.6 Å². The van der Waals surface area contributed by atoms with E-state index in [4.69, 9.17) is 14.6 Å². The maximum Gasteiger partial charge on any atom is 0.341 e. The molecule has 0 aliphatic heterocycles. The van der Waals surface area contributed by atoms with Crippen LogP contribution in [0.15, 0.2) is 65.0 Å².